The molecule has 98 valence electrons. The second-order valence-corrected chi connectivity index (χ2v) is 3.78. The summed E-state index contributed by atoms with van der Waals surface area (Å²) in [6.45, 7) is 2.48. The van der Waals surface area contributed by atoms with Gasteiger partial charge in [0.1, 0.15) is 0 Å². The Morgan fingerprint density at radius 2 is 2.28 bits per heavy atom. The maximum atomic E-state index is 11.7. The molecule has 0 aliphatic carbocycles. The van der Waals surface area contributed by atoms with E-state index in [0.29, 0.717) is 12.3 Å². The van der Waals surface area contributed by atoms with Crippen molar-refractivity contribution in [1.82, 2.24) is 5.01 Å². The maximum absolute atomic E-state index is 11.7. The largest absolute Gasteiger partial charge is 0.380 e. The van der Waals surface area contributed by atoms with Gasteiger partial charge in [0.2, 0.25) is 0 Å². The minimum absolute atomic E-state index is 0.432. The Morgan fingerprint density at radius 3 is 2.83 bits per heavy atom. The lowest BCUT2D eigenvalue weighted by molar-refractivity contribution is 0.184. The number of urea groups is 1. The Morgan fingerprint density at radius 1 is 1.56 bits per heavy atom. The first-order chi connectivity index (χ1) is 8.63. The summed E-state index contributed by atoms with van der Waals surface area (Å²) in [5, 5.41) is 6.68. The van der Waals surface area contributed by atoms with Crippen LogP contribution in [-0.4, -0.2) is 25.2 Å². The van der Waals surface area contributed by atoms with Crippen LogP contribution in [0.1, 0.15) is 18.1 Å². The summed E-state index contributed by atoms with van der Waals surface area (Å²) in [6.07, 6.45) is 0.862. The fraction of sp³-hybridized carbons (Fsp3) is 0.417. The van der Waals surface area contributed by atoms with Crippen molar-refractivity contribution >= 4 is 11.7 Å². The van der Waals surface area contributed by atoms with E-state index in [-0.39, 0.29) is 0 Å². The van der Waals surface area contributed by atoms with E-state index in [0.717, 1.165) is 22.6 Å². The van der Waals surface area contributed by atoms with Crippen LogP contribution < -0.4 is 5.32 Å². The molecular weight excluding hydrogens is 232 g/mol. The molecular formula is C12H18N4O2. The zero-order chi connectivity index (χ0) is 13.5. The molecule has 0 saturated carbocycles. The molecule has 0 bridgehead atoms. The van der Waals surface area contributed by atoms with Gasteiger partial charge in [-0.2, -0.15) is 10.5 Å². The van der Waals surface area contributed by atoms with E-state index in [4.69, 9.17) is 10.3 Å². The number of anilines is 1. The van der Waals surface area contributed by atoms with Gasteiger partial charge in [-0.05, 0) is 18.1 Å². The van der Waals surface area contributed by atoms with Crippen LogP contribution in [0.25, 0.3) is 0 Å². The number of nitrogens with zero attached hydrogens (tertiary/aromatic N) is 2. The van der Waals surface area contributed by atoms with Crippen molar-refractivity contribution in [3.05, 3.63) is 29.3 Å². The molecule has 0 aliphatic rings. The molecule has 0 aromatic heterocycles. The van der Waals surface area contributed by atoms with Crippen LogP contribution in [-0.2, 0) is 17.8 Å². The van der Waals surface area contributed by atoms with Crippen LogP contribution in [0.2, 0.25) is 0 Å². The molecule has 0 fully saturated rings. The maximum Gasteiger partial charge on any atom is 0.343 e. The van der Waals surface area contributed by atoms with Gasteiger partial charge in [0.25, 0.3) is 0 Å². The number of carbonyl (C=O) groups is 1. The molecule has 0 saturated heterocycles. The molecule has 0 atom stereocenters. The lowest BCUT2D eigenvalue weighted by Crippen LogP contribution is -2.26. The first kappa shape index (κ1) is 14.1. The molecule has 2 amide bonds. The molecule has 0 heterocycles. The van der Waals surface area contributed by atoms with Crippen molar-refractivity contribution in [1.29, 1.82) is 5.53 Å². The number of hydrogen-bond acceptors (Lipinski definition) is 4. The number of methoxy groups -OCH3 is 1. The van der Waals surface area contributed by atoms with Gasteiger partial charge in [-0.15, -0.1) is 0 Å². The highest BCUT2D eigenvalue weighted by Crippen LogP contribution is 2.22. The second kappa shape index (κ2) is 6.70. The molecule has 2 N–H and O–H groups in total. The normalized spacial score (nSPS) is 9.94. The molecule has 0 radical (unpaired) electrons. The van der Waals surface area contributed by atoms with E-state index in [9.17, 15) is 4.79 Å². The van der Waals surface area contributed by atoms with Crippen LogP contribution in [0.15, 0.2) is 23.4 Å². The molecule has 18 heavy (non-hydrogen) atoms. The first-order valence-corrected chi connectivity index (χ1v) is 5.65. The Hall–Kier alpha value is -1.95. The molecule has 1 aromatic carbocycles. The average molecular weight is 250 g/mol. The quantitative estimate of drug-likeness (QED) is 0.622. The number of benzene rings is 1. The smallest absolute Gasteiger partial charge is 0.343 e. The van der Waals surface area contributed by atoms with Crippen LogP contribution >= 0.6 is 0 Å². The molecule has 0 spiro atoms. The zero-order valence-electron chi connectivity index (χ0n) is 10.9. The number of aryl methyl sites for hydroxylation is 1. The third kappa shape index (κ3) is 3.27. The van der Waals surface area contributed by atoms with E-state index in [2.05, 4.69) is 10.5 Å². The topological polar surface area (TPSA) is 77.8 Å². The Kier molecular flexibility index (Phi) is 5.26. The highest BCUT2D eigenvalue weighted by Gasteiger charge is 2.12. The predicted molar refractivity (Wildman–Crippen MR) is 68.5 cm³/mol. The van der Waals surface area contributed by atoms with Crippen molar-refractivity contribution in [3.63, 3.8) is 0 Å². The lowest BCUT2D eigenvalue weighted by atomic mass is 10.0. The number of carbonyl (C=O) groups excluding carboxylic acids is 1. The standard InChI is InChI=1S/C12H18N4O2/c1-4-9-6-5-7-11(10(9)8-18-3)14-12(17)16(2)15-13/h5-7,13H,4,8H2,1-3H3,(H,14,17). The van der Waals surface area contributed by atoms with Crippen LogP contribution in [0.4, 0.5) is 10.5 Å². The van der Waals surface area contributed by atoms with Gasteiger partial charge in [0.05, 0.1) is 6.61 Å². The molecule has 1 rings (SSSR count). The third-order valence-corrected chi connectivity index (χ3v) is 2.63. The van der Waals surface area contributed by atoms with E-state index in [1.54, 1.807) is 7.11 Å². The molecule has 1 aromatic rings. The number of hydrogen-bond donors (Lipinski definition) is 2. The number of ether oxygens (including phenoxy) is 1. The average Bonchev–Trinajstić information content (AvgIpc) is 2.39. The Balaban J connectivity index is 3.00. The van der Waals surface area contributed by atoms with Gasteiger partial charge in [0.15, 0.2) is 0 Å². The fourth-order valence-electron chi connectivity index (χ4n) is 1.64. The summed E-state index contributed by atoms with van der Waals surface area (Å²) >= 11 is 0. The van der Waals surface area contributed by atoms with E-state index < -0.39 is 6.03 Å². The predicted octanol–water partition coefficient (Wildman–Crippen LogP) is 2.81. The van der Waals surface area contributed by atoms with Crippen molar-refractivity contribution in [2.45, 2.75) is 20.0 Å². The number of rotatable bonds is 5. The molecule has 6 nitrogen and oxygen atoms in total. The van der Waals surface area contributed by atoms with Crippen LogP contribution in [0, 0.1) is 5.53 Å². The lowest BCUT2D eigenvalue weighted by Gasteiger charge is -2.16. The summed E-state index contributed by atoms with van der Waals surface area (Å²) in [7, 11) is 3.03. The monoisotopic (exact) mass is 250 g/mol. The van der Waals surface area contributed by atoms with Crippen LogP contribution in [0.5, 0.6) is 0 Å². The molecule has 0 unspecified atom stereocenters. The highest BCUT2D eigenvalue weighted by molar-refractivity contribution is 5.89. The number of nitrogens with one attached hydrogen (secondary N) is 2. The van der Waals surface area contributed by atoms with Gasteiger partial charge in [-0.25, -0.2) is 4.79 Å². The molecule has 0 aliphatic heterocycles. The SMILES string of the molecule is CCc1cccc(NC(=O)N(C)N=N)c1COC. The van der Waals surface area contributed by atoms with Crippen molar-refractivity contribution in [3.8, 4) is 0 Å². The van der Waals surface area contributed by atoms with E-state index in [1.165, 1.54) is 7.05 Å². The zero-order valence-corrected chi connectivity index (χ0v) is 10.9. The third-order valence-electron chi connectivity index (χ3n) is 2.63. The summed E-state index contributed by atoms with van der Waals surface area (Å²) < 4.78 is 5.15. The second-order valence-electron chi connectivity index (χ2n) is 3.78. The molecule has 6 heteroatoms. The van der Waals surface area contributed by atoms with Crippen LogP contribution in [0.3, 0.4) is 0 Å². The summed E-state index contributed by atoms with van der Waals surface area (Å²) in [5.41, 5.74) is 9.55. The van der Waals surface area contributed by atoms with Crippen molar-refractivity contribution < 1.29 is 9.53 Å². The summed E-state index contributed by atoms with van der Waals surface area (Å²) in [6, 6.07) is 5.24. The van der Waals surface area contributed by atoms with Gasteiger partial charge >= 0.3 is 6.03 Å². The van der Waals surface area contributed by atoms with E-state index in [1.807, 2.05) is 25.1 Å². The minimum Gasteiger partial charge on any atom is -0.380 e. The minimum atomic E-state index is -0.449. The van der Waals surface area contributed by atoms with Gasteiger partial charge < -0.3 is 10.1 Å². The summed E-state index contributed by atoms with van der Waals surface area (Å²) in [5.74, 6) is 0. The van der Waals surface area contributed by atoms with Crippen molar-refractivity contribution in [2.75, 3.05) is 19.5 Å². The van der Waals surface area contributed by atoms with E-state index >= 15 is 0 Å². The Bertz CT molecular complexity index is 434. The highest BCUT2D eigenvalue weighted by atomic mass is 16.5. The van der Waals surface area contributed by atoms with Gasteiger partial charge in [-0.3, -0.25) is 0 Å². The van der Waals surface area contributed by atoms with Gasteiger partial charge in [0, 0.05) is 25.4 Å². The Labute approximate surface area is 106 Å². The number of amides is 2. The van der Waals surface area contributed by atoms with Gasteiger partial charge in [-0.1, -0.05) is 24.3 Å². The van der Waals surface area contributed by atoms with Crippen molar-refractivity contribution in [2.24, 2.45) is 5.22 Å². The summed E-state index contributed by atoms with van der Waals surface area (Å²) in [4.78, 5) is 11.7. The fourth-order valence-corrected chi connectivity index (χ4v) is 1.64. The first-order valence-electron chi connectivity index (χ1n) is 5.65.